The van der Waals surface area contributed by atoms with Crippen LogP contribution in [0, 0.1) is 0 Å². The summed E-state index contributed by atoms with van der Waals surface area (Å²) < 4.78 is 7.43. The summed E-state index contributed by atoms with van der Waals surface area (Å²) in [7, 11) is 0. The zero-order valence-corrected chi connectivity index (χ0v) is 28.7. The fourth-order valence-corrected chi connectivity index (χ4v) is 9.84. The second-order valence-corrected chi connectivity index (χ2v) is 15.0. The van der Waals surface area contributed by atoms with E-state index in [-0.39, 0.29) is 0 Å². The second-order valence-electron chi connectivity index (χ2n) is 12.8. The molecule has 0 radical (unpaired) electrons. The quantitative estimate of drug-likeness (QED) is 0.185. The van der Waals surface area contributed by atoms with Crippen LogP contribution >= 0.6 is 22.7 Å². The van der Waals surface area contributed by atoms with Crippen molar-refractivity contribution >= 4 is 84.8 Å². The van der Waals surface area contributed by atoms with Gasteiger partial charge in [0.1, 0.15) is 0 Å². The summed E-state index contributed by atoms with van der Waals surface area (Å²) in [5, 5.41) is 7.61. The van der Waals surface area contributed by atoms with Crippen LogP contribution in [0.4, 0.5) is 0 Å². The molecule has 0 aliphatic carbocycles. The number of benzene rings is 7. The minimum atomic E-state index is 0.670. The Hall–Kier alpha value is -6.21. The third-order valence-corrected chi connectivity index (χ3v) is 12.2. The molecule has 0 spiro atoms. The molecule has 0 amide bonds. The molecule has 0 fully saturated rings. The molecule has 11 rings (SSSR count). The lowest BCUT2D eigenvalue weighted by atomic mass is 10.1. The van der Waals surface area contributed by atoms with Gasteiger partial charge in [-0.05, 0) is 48.5 Å². The third kappa shape index (κ3) is 4.47. The molecule has 0 saturated carbocycles. The minimum Gasteiger partial charge on any atom is -0.309 e. The second kappa shape index (κ2) is 11.2. The Bertz CT molecular complexity index is 3030. The highest BCUT2D eigenvalue weighted by atomic mass is 32.1. The summed E-state index contributed by atoms with van der Waals surface area (Å²) in [6, 6.07) is 56.0. The zero-order chi connectivity index (χ0) is 33.5. The van der Waals surface area contributed by atoms with Gasteiger partial charge in [-0.15, -0.1) is 22.7 Å². The molecule has 6 heteroatoms. The van der Waals surface area contributed by atoms with Gasteiger partial charge in [0.15, 0.2) is 17.5 Å². The molecule has 0 aliphatic heterocycles. The van der Waals surface area contributed by atoms with Crippen LogP contribution < -0.4 is 0 Å². The number of para-hydroxylation sites is 2. The van der Waals surface area contributed by atoms with Crippen molar-refractivity contribution in [1.82, 2.24) is 19.5 Å². The number of rotatable bonds is 4. The first-order chi connectivity index (χ1) is 25.3. The molecular formula is C45H26N4S2. The van der Waals surface area contributed by atoms with Gasteiger partial charge < -0.3 is 4.57 Å². The molecule has 0 aliphatic rings. The van der Waals surface area contributed by atoms with Crippen LogP contribution in [0.3, 0.4) is 0 Å². The normalized spacial score (nSPS) is 11.9. The van der Waals surface area contributed by atoms with E-state index in [2.05, 4.69) is 126 Å². The van der Waals surface area contributed by atoms with E-state index in [0.717, 1.165) is 16.7 Å². The van der Waals surface area contributed by atoms with Gasteiger partial charge in [0.25, 0.3) is 0 Å². The number of aromatic nitrogens is 4. The first-order valence-corrected chi connectivity index (χ1v) is 18.6. The molecule has 0 unspecified atom stereocenters. The highest BCUT2D eigenvalue weighted by Crippen LogP contribution is 2.45. The minimum absolute atomic E-state index is 0.670. The van der Waals surface area contributed by atoms with Crippen molar-refractivity contribution in [3.8, 4) is 39.9 Å². The lowest BCUT2D eigenvalue weighted by Gasteiger charge is -2.09. The van der Waals surface area contributed by atoms with Crippen molar-refractivity contribution in [2.24, 2.45) is 0 Å². The fraction of sp³-hybridized carbons (Fsp3) is 0. The van der Waals surface area contributed by atoms with Crippen LogP contribution in [0.25, 0.3) is 102 Å². The summed E-state index contributed by atoms with van der Waals surface area (Å²) in [5.41, 5.74) is 6.58. The molecule has 238 valence electrons. The first-order valence-electron chi connectivity index (χ1n) is 16.9. The van der Waals surface area contributed by atoms with E-state index in [1.807, 2.05) is 59.1 Å². The lowest BCUT2D eigenvalue weighted by Crippen LogP contribution is -2.00. The number of fused-ring (bicyclic) bond motifs is 9. The van der Waals surface area contributed by atoms with Crippen LogP contribution in [-0.2, 0) is 0 Å². The molecule has 0 bridgehead atoms. The van der Waals surface area contributed by atoms with E-state index in [4.69, 9.17) is 15.0 Å². The fourth-order valence-electron chi connectivity index (χ4n) is 7.50. The molecule has 0 saturated heterocycles. The highest BCUT2D eigenvalue weighted by molar-refractivity contribution is 7.27. The Morgan fingerprint density at radius 3 is 1.57 bits per heavy atom. The van der Waals surface area contributed by atoms with Gasteiger partial charge in [-0.2, -0.15) is 0 Å². The molecule has 4 aromatic heterocycles. The molecule has 0 N–H and O–H groups in total. The number of hydrogen-bond acceptors (Lipinski definition) is 5. The van der Waals surface area contributed by atoms with Crippen LogP contribution in [-0.4, -0.2) is 19.5 Å². The van der Waals surface area contributed by atoms with Crippen molar-refractivity contribution in [2.75, 3.05) is 0 Å². The van der Waals surface area contributed by atoms with Crippen LogP contribution in [0.5, 0.6) is 0 Å². The van der Waals surface area contributed by atoms with E-state index < -0.39 is 0 Å². The molecule has 7 aromatic carbocycles. The molecule has 11 aromatic rings. The summed E-state index contributed by atoms with van der Waals surface area (Å²) in [5.74, 6) is 2.02. The van der Waals surface area contributed by atoms with Crippen LogP contribution in [0.2, 0.25) is 0 Å². The highest BCUT2D eigenvalue weighted by Gasteiger charge is 2.19. The third-order valence-electron chi connectivity index (χ3n) is 9.85. The Kier molecular flexibility index (Phi) is 6.26. The Morgan fingerprint density at radius 1 is 0.373 bits per heavy atom. The molecule has 4 heterocycles. The largest absolute Gasteiger partial charge is 0.309 e. The van der Waals surface area contributed by atoms with Gasteiger partial charge in [0, 0.05) is 73.5 Å². The lowest BCUT2D eigenvalue weighted by molar-refractivity contribution is 1.08. The molecule has 4 nitrogen and oxygen atoms in total. The van der Waals surface area contributed by atoms with Crippen molar-refractivity contribution in [3.63, 3.8) is 0 Å². The van der Waals surface area contributed by atoms with Gasteiger partial charge in [-0.25, -0.2) is 15.0 Å². The van der Waals surface area contributed by atoms with Crippen LogP contribution in [0.15, 0.2) is 158 Å². The number of thiophene rings is 2. The maximum atomic E-state index is 5.07. The van der Waals surface area contributed by atoms with Crippen LogP contribution in [0.1, 0.15) is 0 Å². The SMILES string of the molecule is c1ccc(-c2nc(-c3ccccc3)nc(-c3cccc4c3sc3cc5c(cc34)sc3ccc(-n4c6ccccc6c6ccccc64)cc35)n2)cc1. The topological polar surface area (TPSA) is 43.6 Å². The zero-order valence-electron chi connectivity index (χ0n) is 27.1. The van der Waals surface area contributed by atoms with Gasteiger partial charge in [-0.3, -0.25) is 0 Å². The number of nitrogens with zero attached hydrogens (tertiary/aromatic N) is 4. The monoisotopic (exact) mass is 686 g/mol. The van der Waals surface area contributed by atoms with Crippen molar-refractivity contribution in [3.05, 3.63) is 158 Å². The van der Waals surface area contributed by atoms with Gasteiger partial charge >= 0.3 is 0 Å². The Morgan fingerprint density at radius 2 is 0.902 bits per heavy atom. The first kappa shape index (κ1) is 28.6. The maximum Gasteiger partial charge on any atom is 0.165 e. The van der Waals surface area contributed by atoms with E-state index in [1.54, 1.807) is 0 Å². The van der Waals surface area contributed by atoms with Crippen molar-refractivity contribution in [1.29, 1.82) is 0 Å². The molecular weight excluding hydrogens is 661 g/mol. The van der Waals surface area contributed by atoms with E-state index >= 15 is 0 Å². The summed E-state index contributed by atoms with van der Waals surface area (Å²) in [6.07, 6.45) is 0. The standard InChI is InChI=1S/C45H26N4S2/c1-3-12-27(13-4-1)43-46-44(28-14-5-2-6-15-28)48-45(47-43)33-19-11-18-32-35-25-40-36(26-41(35)51-42(32)33)34-24-29(22-23-39(34)50-40)49-37-20-9-7-16-30(37)31-17-8-10-21-38(31)49/h1-26H. The maximum absolute atomic E-state index is 5.07. The van der Waals surface area contributed by atoms with E-state index in [0.29, 0.717) is 17.5 Å². The van der Waals surface area contributed by atoms with Gasteiger partial charge in [0.05, 0.1) is 11.0 Å². The average molecular weight is 687 g/mol. The summed E-state index contributed by atoms with van der Waals surface area (Å²) in [4.78, 5) is 15.1. The van der Waals surface area contributed by atoms with Crippen molar-refractivity contribution < 1.29 is 0 Å². The molecule has 51 heavy (non-hydrogen) atoms. The molecule has 0 atom stereocenters. The van der Waals surface area contributed by atoms with E-state index in [9.17, 15) is 0 Å². The van der Waals surface area contributed by atoms with Gasteiger partial charge in [0.2, 0.25) is 0 Å². The number of hydrogen-bond donors (Lipinski definition) is 0. The summed E-state index contributed by atoms with van der Waals surface area (Å²) in [6.45, 7) is 0. The van der Waals surface area contributed by atoms with Gasteiger partial charge in [-0.1, -0.05) is 109 Å². The van der Waals surface area contributed by atoms with Crippen molar-refractivity contribution in [2.45, 2.75) is 0 Å². The predicted molar refractivity (Wildman–Crippen MR) is 216 cm³/mol. The summed E-state index contributed by atoms with van der Waals surface area (Å²) >= 11 is 3.68. The Balaban J connectivity index is 1.11. The van der Waals surface area contributed by atoms with E-state index in [1.165, 1.54) is 67.8 Å². The smallest absolute Gasteiger partial charge is 0.165 e. The Labute approximate surface area is 300 Å². The predicted octanol–water partition coefficient (Wildman–Crippen LogP) is 12.7. The average Bonchev–Trinajstić information content (AvgIpc) is 3.86.